The van der Waals surface area contributed by atoms with E-state index < -0.39 is 0 Å². The molecule has 0 aliphatic carbocycles. The lowest BCUT2D eigenvalue weighted by Gasteiger charge is -2.23. The van der Waals surface area contributed by atoms with Crippen molar-refractivity contribution in [3.8, 4) is 0 Å². The van der Waals surface area contributed by atoms with Crippen molar-refractivity contribution in [2.75, 3.05) is 30.4 Å². The summed E-state index contributed by atoms with van der Waals surface area (Å²) in [7, 11) is 0. The Balaban J connectivity index is 1.66. The van der Waals surface area contributed by atoms with Crippen LogP contribution in [0.4, 0.5) is 11.4 Å². The first-order valence-corrected chi connectivity index (χ1v) is 8.70. The Bertz CT molecular complexity index is 771. The lowest BCUT2D eigenvalue weighted by atomic mass is 10.1. The Morgan fingerprint density at radius 3 is 2.65 bits per heavy atom. The number of benzene rings is 2. The fourth-order valence-corrected chi connectivity index (χ4v) is 2.91. The molecule has 2 aromatic rings. The average Bonchev–Trinajstić information content (AvgIpc) is 2.65. The van der Waals surface area contributed by atoms with E-state index in [1.807, 2.05) is 37.3 Å². The molecule has 1 unspecified atom stereocenters. The summed E-state index contributed by atoms with van der Waals surface area (Å²) >= 11 is 0. The Morgan fingerprint density at radius 2 is 1.92 bits per heavy atom. The van der Waals surface area contributed by atoms with E-state index in [9.17, 15) is 9.59 Å². The van der Waals surface area contributed by atoms with Crippen LogP contribution in [0.2, 0.25) is 0 Å². The normalized spacial score (nSPS) is 16.7. The lowest BCUT2D eigenvalue weighted by Crippen LogP contribution is -2.43. The Hall–Kier alpha value is -2.70. The number of para-hydroxylation sites is 1. The second-order valence-electron chi connectivity index (χ2n) is 6.28. The van der Waals surface area contributed by atoms with E-state index in [0.717, 1.165) is 17.8 Å². The summed E-state index contributed by atoms with van der Waals surface area (Å²) in [4.78, 5) is 24.8. The number of hydrogen-bond acceptors (Lipinski definition) is 4. The van der Waals surface area contributed by atoms with E-state index in [2.05, 4.69) is 16.0 Å². The van der Waals surface area contributed by atoms with Crippen molar-refractivity contribution < 1.29 is 14.3 Å². The van der Waals surface area contributed by atoms with Crippen LogP contribution in [-0.4, -0.2) is 37.6 Å². The molecule has 1 aliphatic heterocycles. The number of carbonyl (C=O) groups excluding carboxylic acids is 2. The van der Waals surface area contributed by atoms with Crippen LogP contribution in [0.3, 0.4) is 0 Å². The summed E-state index contributed by atoms with van der Waals surface area (Å²) in [6.07, 6.45) is 0.333. The molecule has 2 amide bonds. The Kier molecular flexibility index (Phi) is 5.99. The van der Waals surface area contributed by atoms with Crippen molar-refractivity contribution in [3.63, 3.8) is 0 Å². The molecular formula is C20H23N3O3. The number of hydrogen-bond donors (Lipinski definition) is 3. The number of anilines is 2. The molecule has 0 spiro atoms. The largest absolute Gasteiger partial charge is 0.378 e. The summed E-state index contributed by atoms with van der Waals surface area (Å²) in [6.45, 7) is 3.80. The van der Waals surface area contributed by atoms with Crippen molar-refractivity contribution in [2.45, 2.75) is 19.4 Å². The summed E-state index contributed by atoms with van der Waals surface area (Å²) < 4.78 is 5.37. The zero-order chi connectivity index (χ0) is 18.4. The van der Waals surface area contributed by atoms with Crippen molar-refractivity contribution >= 4 is 23.2 Å². The van der Waals surface area contributed by atoms with Gasteiger partial charge in [-0.25, -0.2) is 0 Å². The van der Waals surface area contributed by atoms with Crippen molar-refractivity contribution in [3.05, 3.63) is 59.7 Å². The van der Waals surface area contributed by atoms with E-state index in [1.54, 1.807) is 18.2 Å². The fourth-order valence-electron chi connectivity index (χ4n) is 2.91. The smallest absolute Gasteiger partial charge is 0.256 e. The summed E-state index contributed by atoms with van der Waals surface area (Å²) in [5.74, 6) is -0.302. The zero-order valence-electron chi connectivity index (χ0n) is 14.7. The third-order valence-electron chi connectivity index (χ3n) is 4.31. The Labute approximate surface area is 152 Å². The van der Waals surface area contributed by atoms with Gasteiger partial charge in [0.25, 0.3) is 5.91 Å². The molecule has 1 fully saturated rings. The number of carbonyl (C=O) groups is 2. The highest BCUT2D eigenvalue weighted by Gasteiger charge is 2.18. The van der Waals surface area contributed by atoms with Gasteiger partial charge in [-0.3, -0.25) is 9.59 Å². The second-order valence-corrected chi connectivity index (χ2v) is 6.28. The molecule has 1 atom stereocenters. The molecule has 26 heavy (non-hydrogen) atoms. The van der Waals surface area contributed by atoms with Crippen molar-refractivity contribution in [2.24, 2.45) is 0 Å². The topological polar surface area (TPSA) is 79.5 Å². The standard InChI is InChI=1S/C20H23N3O3/c1-14-17(20(25)22-15-6-3-2-4-7-15)8-5-9-18(14)23-19(24)12-16-13-26-11-10-21-16/h2-9,16,21H,10-13H2,1H3,(H,22,25)(H,23,24). The second kappa shape index (κ2) is 8.60. The fraction of sp³-hybridized carbons (Fsp3) is 0.300. The molecule has 0 radical (unpaired) electrons. The molecule has 1 heterocycles. The number of ether oxygens (including phenoxy) is 1. The third kappa shape index (κ3) is 4.68. The molecule has 0 bridgehead atoms. The molecule has 6 nitrogen and oxygen atoms in total. The van der Waals surface area contributed by atoms with Crippen LogP contribution in [0.5, 0.6) is 0 Å². The van der Waals surface area contributed by atoms with Gasteiger partial charge < -0.3 is 20.7 Å². The minimum Gasteiger partial charge on any atom is -0.378 e. The molecular weight excluding hydrogens is 330 g/mol. The summed E-state index contributed by atoms with van der Waals surface area (Å²) in [5.41, 5.74) is 2.65. The Morgan fingerprint density at radius 1 is 1.12 bits per heavy atom. The maximum atomic E-state index is 12.5. The molecule has 0 saturated carbocycles. The number of amides is 2. The molecule has 3 N–H and O–H groups in total. The first-order valence-electron chi connectivity index (χ1n) is 8.70. The highest BCUT2D eigenvalue weighted by Crippen LogP contribution is 2.21. The van der Waals surface area contributed by atoms with Gasteiger partial charge in [0, 0.05) is 35.9 Å². The van der Waals surface area contributed by atoms with Gasteiger partial charge in [0.2, 0.25) is 5.91 Å². The van der Waals surface area contributed by atoms with Crippen LogP contribution in [0.15, 0.2) is 48.5 Å². The first-order chi connectivity index (χ1) is 12.6. The van der Waals surface area contributed by atoms with Gasteiger partial charge in [0.1, 0.15) is 0 Å². The van der Waals surface area contributed by atoms with E-state index in [0.29, 0.717) is 30.9 Å². The molecule has 6 heteroatoms. The quantitative estimate of drug-likeness (QED) is 0.772. The van der Waals surface area contributed by atoms with Gasteiger partial charge in [0.15, 0.2) is 0 Å². The molecule has 3 rings (SSSR count). The maximum absolute atomic E-state index is 12.5. The van der Waals surface area contributed by atoms with Crippen LogP contribution >= 0.6 is 0 Å². The predicted molar refractivity (Wildman–Crippen MR) is 101 cm³/mol. The molecule has 136 valence electrons. The predicted octanol–water partition coefficient (Wildman–Crippen LogP) is 2.56. The first kappa shape index (κ1) is 18.1. The third-order valence-corrected chi connectivity index (χ3v) is 4.31. The number of nitrogens with one attached hydrogen (secondary N) is 3. The zero-order valence-corrected chi connectivity index (χ0v) is 14.7. The number of rotatable bonds is 5. The van der Waals surface area contributed by atoms with Crippen molar-refractivity contribution in [1.82, 2.24) is 5.32 Å². The van der Waals surface area contributed by atoms with Gasteiger partial charge in [-0.15, -0.1) is 0 Å². The average molecular weight is 353 g/mol. The van der Waals surface area contributed by atoms with Crippen LogP contribution < -0.4 is 16.0 Å². The van der Waals surface area contributed by atoms with E-state index in [1.165, 1.54) is 0 Å². The lowest BCUT2D eigenvalue weighted by molar-refractivity contribution is -0.117. The minimum absolute atomic E-state index is 0.0219. The van der Waals surface area contributed by atoms with Crippen LogP contribution in [0, 0.1) is 6.92 Å². The van der Waals surface area contributed by atoms with Crippen LogP contribution in [0.1, 0.15) is 22.3 Å². The van der Waals surface area contributed by atoms with Gasteiger partial charge in [-0.05, 0) is 36.8 Å². The monoisotopic (exact) mass is 353 g/mol. The molecule has 1 saturated heterocycles. The minimum atomic E-state index is -0.202. The summed E-state index contributed by atoms with van der Waals surface area (Å²) in [5, 5.41) is 9.03. The molecule has 1 aliphatic rings. The highest BCUT2D eigenvalue weighted by atomic mass is 16.5. The summed E-state index contributed by atoms with van der Waals surface area (Å²) in [6, 6.07) is 14.6. The van der Waals surface area contributed by atoms with Crippen LogP contribution in [-0.2, 0) is 9.53 Å². The van der Waals surface area contributed by atoms with E-state index in [4.69, 9.17) is 4.74 Å². The van der Waals surface area contributed by atoms with Gasteiger partial charge in [0.05, 0.1) is 13.2 Å². The van der Waals surface area contributed by atoms with Crippen molar-refractivity contribution in [1.29, 1.82) is 0 Å². The van der Waals surface area contributed by atoms with Crippen LogP contribution in [0.25, 0.3) is 0 Å². The molecule has 2 aromatic carbocycles. The van der Waals surface area contributed by atoms with E-state index >= 15 is 0 Å². The maximum Gasteiger partial charge on any atom is 0.256 e. The SMILES string of the molecule is Cc1c(NC(=O)CC2COCCN2)cccc1C(=O)Nc1ccccc1. The van der Waals surface area contributed by atoms with Gasteiger partial charge in [-0.1, -0.05) is 24.3 Å². The van der Waals surface area contributed by atoms with Gasteiger partial charge >= 0.3 is 0 Å². The number of morpholine rings is 1. The highest BCUT2D eigenvalue weighted by molar-refractivity contribution is 6.06. The van der Waals surface area contributed by atoms with Gasteiger partial charge in [-0.2, -0.15) is 0 Å². The molecule has 0 aromatic heterocycles. The van der Waals surface area contributed by atoms with E-state index in [-0.39, 0.29) is 17.9 Å².